The monoisotopic (exact) mass is 364 g/mol. The van der Waals surface area contributed by atoms with Crippen LogP contribution in [0.5, 0.6) is 0 Å². The zero-order chi connectivity index (χ0) is 18.0. The standard InChI is InChI=1S/C19H28N2O3S/c1-15-4-3-5-18(16(15)2)20-9-11-21(12-10-20)19(22)7-6-17-8-13-25(23,24)14-17/h3-5,17H,6-14H2,1-2H3. The number of rotatable bonds is 4. The number of hydrogen-bond acceptors (Lipinski definition) is 4. The van der Waals surface area contributed by atoms with Gasteiger partial charge in [0.15, 0.2) is 9.84 Å². The molecule has 1 aromatic rings. The van der Waals surface area contributed by atoms with E-state index < -0.39 is 9.84 Å². The van der Waals surface area contributed by atoms with Crippen LogP contribution in [0.15, 0.2) is 18.2 Å². The fraction of sp³-hybridized carbons (Fsp3) is 0.632. The van der Waals surface area contributed by atoms with Crippen LogP contribution in [-0.2, 0) is 14.6 Å². The van der Waals surface area contributed by atoms with Crippen LogP contribution in [0.1, 0.15) is 30.4 Å². The van der Waals surface area contributed by atoms with E-state index in [1.54, 1.807) is 0 Å². The molecule has 0 aromatic heterocycles. The average molecular weight is 365 g/mol. The zero-order valence-electron chi connectivity index (χ0n) is 15.2. The van der Waals surface area contributed by atoms with Gasteiger partial charge < -0.3 is 9.80 Å². The Hall–Kier alpha value is -1.56. The summed E-state index contributed by atoms with van der Waals surface area (Å²) in [5, 5.41) is 0. The maximum atomic E-state index is 12.4. The first-order chi connectivity index (χ1) is 11.9. The summed E-state index contributed by atoms with van der Waals surface area (Å²) >= 11 is 0. The number of aryl methyl sites for hydroxylation is 1. The number of nitrogens with zero attached hydrogens (tertiary/aromatic N) is 2. The molecule has 138 valence electrons. The number of carbonyl (C=O) groups is 1. The number of sulfone groups is 1. The minimum absolute atomic E-state index is 0.171. The molecule has 0 bridgehead atoms. The Morgan fingerprint density at radius 2 is 1.88 bits per heavy atom. The number of amides is 1. The number of benzene rings is 1. The number of hydrogen-bond donors (Lipinski definition) is 0. The van der Waals surface area contributed by atoms with E-state index in [9.17, 15) is 13.2 Å². The van der Waals surface area contributed by atoms with E-state index in [1.165, 1.54) is 16.8 Å². The molecule has 1 aromatic carbocycles. The quantitative estimate of drug-likeness (QED) is 0.822. The summed E-state index contributed by atoms with van der Waals surface area (Å²) < 4.78 is 23.0. The Kier molecular flexibility index (Phi) is 5.37. The molecule has 2 heterocycles. The molecule has 2 fully saturated rings. The van der Waals surface area contributed by atoms with Crippen LogP contribution >= 0.6 is 0 Å². The van der Waals surface area contributed by atoms with Crippen molar-refractivity contribution in [2.45, 2.75) is 33.1 Å². The molecule has 25 heavy (non-hydrogen) atoms. The molecule has 1 amide bonds. The Morgan fingerprint density at radius 1 is 1.16 bits per heavy atom. The van der Waals surface area contributed by atoms with Gasteiger partial charge in [-0.3, -0.25) is 4.79 Å². The van der Waals surface area contributed by atoms with Crippen LogP contribution in [0.3, 0.4) is 0 Å². The summed E-state index contributed by atoms with van der Waals surface area (Å²) in [4.78, 5) is 16.7. The van der Waals surface area contributed by atoms with E-state index in [0.29, 0.717) is 18.6 Å². The normalized spacial score (nSPS) is 23.0. The first-order valence-corrected chi connectivity index (χ1v) is 11.0. The second-order valence-electron chi connectivity index (χ2n) is 7.39. The summed E-state index contributed by atoms with van der Waals surface area (Å²) in [5.74, 6) is 0.899. The van der Waals surface area contributed by atoms with E-state index >= 15 is 0 Å². The average Bonchev–Trinajstić information content (AvgIpc) is 2.94. The lowest BCUT2D eigenvalue weighted by atomic mass is 10.0. The molecule has 2 saturated heterocycles. The molecule has 0 N–H and O–H groups in total. The highest BCUT2D eigenvalue weighted by Crippen LogP contribution is 2.25. The predicted molar refractivity (Wildman–Crippen MR) is 101 cm³/mol. The van der Waals surface area contributed by atoms with Crippen LogP contribution in [0, 0.1) is 19.8 Å². The minimum atomic E-state index is -2.85. The molecule has 0 spiro atoms. The van der Waals surface area contributed by atoms with Gasteiger partial charge in [-0.15, -0.1) is 0 Å². The van der Waals surface area contributed by atoms with Crippen molar-refractivity contribution in [3.05, 3.63) is 29.3 Å². The maximum Gasteiger partial charge on any atom is 0.222 e. The summed E-state index contributed by atoms with van der Waals surface area (Å²) in [7, 11) is -2.85. The fourth-order valence-electron chi connectivity index (χ4n) is 3.86. The van der Waals surface area contributed by atoms with Crippen molar-refractivity contribution in [3.8, 4) is 0 Å². The Balaban J connectivity index is 1.49. The third kappa shape index (κ3) is 4.35. The van der Waals surface area contributed by atoms with Gasteiger partial charge in [-0.05, 0) is 49.8 Å². The van der Waals surface area contributed by atoms with Crippen molar-refractivity contribution in [2.24, 2.45) is 5.92 Å². The van der Waals surface area contributed by atoms with E-state index in [-0.39, 0.29) is 17.6 Å². The van der Waals surface area contributed by atoms with Gasteiger partial charge in [-0.2, -0.15) is 0 Å². The zero-order valence-corrected chi connectivity index (χ0v) is 16.0. The second kappa shape index (κ2) is 7.36. The fourth-order valence-corrected chi connectivity index (χ4v) is 5.77. The summed E-state index contributed by atoms with van der Waals surface area (Å²) in [6, 6.07) is 6.37. The lowest BCUT2D eigenvalue weighted by molar-refractivity contribution is -0.131. The Labute approximate surface area is 150 Å². The number of anilines is 1. The van der Waals surface area contributed by atoms with Crippen LogP contribution in [0.2, 0.25) is 0 Å². The Bertz CT molecular complexity index is 737. The van der Waals surface area contributed by atoms with Gasteiger partial charge >= 0.3 is 0 Å². The number of carbonyl (C=O) groups excluding carboxylic acids is 1. The Morgan fingerprint density at radius 3 is 2.52 bits per heavy atom. The third-order valence-electron chi connectivity index (χ3n) is 5.64. The van der Waals surface area contributed by atoms with Gasteiger partial charge in [0, 0.05) is 38.3 Å². The molecule has 1 atom stereocenters. The lowest BCUT2D eigenvalue weighted by Gasteiger charge is -2.37. The first-order valence-electron chi connectivity index (χ1n) is 9.15. The van der Waals surface area contributed by atoms with E-state index in [0.717, 1.165) is 32.6 Å². The van der Waals surface area contributed by atoms with E-state index in [4.69, 9.17) is 0 Å². The molecular formula is C19H28N2O3S. The van der Waals surface area contributed by atoms with Crippen LogP contribution in [0.4, 0.5) is 5.69 Å². The molecule has 0 radical (unpaired) electrons. The molecule has 5 nitrogen and oxygen atoms in total. The molecule has 1 unspecified atom stereocenters. The molecule has 0 saturated carbocycles. The SMILES string of the molecule is Cc1cccc(N2CCN(C(=O)CCC3CCS(=O)(=O)C3)CC2)c1C. The van der Waals surface area contributed by atoms with E-state index in [2.05, 4.69) is 36.9 Å². The van der Waals surface area contributed by atoms with Crippen molar-refractivity contribution in [1.82, 2.24) is 4.90 Å². The molecule has 2 aliphatic rings. The van der Waals surface area contributed by atoms with Crippen LogP contribution in [0.25, 0.3) is 0 Å². The third-order valence-corrected chi connectivity index (χ3v) is 7.48. The molecule has 3 rings (SSSR count). The first kappa shape index (κ1) is 18.2. The van der Waals surface area contributed by atoms with Gasteiger partial charge in [0.2, 0.25) is 5.91 Å². The smallest absolute Gasteiger partial charge is 0.222 e. The largest absolute Gasteiger partial charge is 0.368 e. The van der Waals surface area contributed by atoms with Crippen molar-refractivity contribution < 1.29 is 13.2 Å². The van der Waals surface area contributed by atoms with Crippen molar-refractivity contribution in [2.75, 3.05) is 42.6 Å². The summed E-state index contributed by atoms with van der Waals surface area (Å²) in [5.41, 5.74) is 3.87. The predicted octanol–water partition coefficient (Wildman–Crippen LogP) is 2.17. The maximum absolute atomic E-state index is 12.4. The highest BCUT2D eigenvalue weighted by atomic mass is 32.2. The topological polar surface area (TPSA) is 57.7 Å². The molecule has 0 aliphatic carbocycles. The summed E-state index contributed by atoms with van der Waals surface area (Å²) in [6.07, 6.45) is 1.90. The van der Waals surface area contributed by atoms with Crippen LogP contribution in [-0.4, -0.2) is 56.9 Å². The second-order valence-corrected chi connectivity index (χ2v) is 9.62. The molecular weight excluding hydrogens is 336 g/mol. The number of piperazine rings is 1. The van der Waals surface area contributed by atoms with Gasteiger partial charge in [-0.25, -0.2) is 8.42 Å². The van der Waals surface area contributed by atoms with Crippen LogP contribution < -0.4 is 4.90 Å². The van der Waals surface area contributed by atoms with Gasteiger partial charge in [0.1, 0.15) is 0 Å². The van der Waals surface area contributed by atoms with Crippen molar-refractivity contribution >= 4 is 21.4 Å². The molecule has 6 heteroatoms. The van der Waals surface area contributed by atoms with E-state index in [1.807, 2.05) is 4.90 Å². The minimum Gasteiger partial charge on any atom is -0.368 e. The summed E-state index contributed by atoms with van der Waals surface area (Å²) in [6.45, 7) is 7.48. The van der Waals surface area contributed by atoms with Gasteiger partial charge in [-0.1, -0.05) is 12.1 Å². The lowest BCUT2D eigenvalue weighted by Crippen LogP contribution is -2.49. The molecule has 2 aliphatic heterocycles. The van der Waals surface area contributed by atoms with Crippen molar-refractivity contribution in [1.29, 1.82) is 0 Å². The highest BCUT2D eigenvalue weighted by molar-refractivity contribution is 7.91. The van der Waals surface area contributed by atoms with Gasteiger partial charge in [0.25, 0.3) is 0 Å². The van der Waals surface area contributed by atoms with Gasteiger partial charge in [0.05, 0.1) is 11.5 Å². The van der Waals surface area contributed by atoms with Crippen molar-refractivity contribution in [3.63, 3.8) is 0 Å². The highest BCUT2D eigenvalue weighted by Gasteiger charge is 2.29.